The standard InChI is InChI=1S/C19H37N/c1-6-13-19(14-7-2,15-8-3)18(5)11-9-10-17(4)12-16-20/h11-12H,6-10,13-16,20H2,1-5H3/b17-12+,18-11?. The van der Waals surface area contributed by atoms with E-state index in [1.165, 1.54) is 44.1 Å². The Labute approximate surface area is 127 Å². The van der Waals surface area contributed by atoms with Gasteiger partial charge in [0, 0.05) is 6.54 Å². The summed E-state index contributed by atoms with van der Waals surface area (Å²) in [5.74, 6) is 0. The van der Waals surface area contributed by atoms with Gasteiger partial charge in [-0.25, -0.2) is 0 Å². The van der Waals surface area contributed by atoms with Crippen LogP contribution in [0.5, 0.6) is 0 Å². The monoisotopic (exact) mass is 279 g/mol. The van der Waals surface area contributed by atoms with Crippen molar-refractivity contribution >= 4 is 0 Å². The molecule has 0 spiro atoms. The number of nitrogens with two attached hydrogens (primary N) is 1. The van der Waals surface area contributed by atoms with E-state index in [0.717, 1.165) is 12.8 Å². The highest BCUT2D eigenvalue weighted by Crippen LogP contribution is 2.42. The van der Waals surface area contributed by atoms with E-state index in [1.807, 2.05) is 0 Å². The van der Waals surface area contributed by atoms with Crippen molar-refractivity contribution in [2.24, 2.45) is 11.1 Å². The third kappa shape index (κ3) is 6.74. The highest BCUT2D eigenvalue weighted by molar-refractivity contribution is 5.13. The van der Waals surface area contributed by atoms with Gasteiger partial charge in [0.15, 0.2) is 0 Å². The van der Waals surface area contributed by atoms with Crippen LogP contribution in [0.25, 0.3) is 0 Å². The quantitative estimate of drug-likeness (QED) is 0.461. The fourth-order valence-corrected chi connectivity index (χ4v) is 3.44. The molecular formula is C19H37N. The zero-order valence-corrected chi connectivity index (χ0v) is 14.6. The van der Waals surface area contributed by atoms with Crippen LogP contribution in [0.3, 0.4) is 0 Å². The van der Waals surface area contributed by atoms with E-state index < -0.39 is 0 Å². The first-order valence-corrected chi connectivity index (χ1v) is 8.59. The Balaban J connectivity index is 4.82. The van der Waals surface area contributed by atoms with Crippen LogP contribution in [-0.4, -0.2) is 6.54 Å². The molecular weight excluding hydrogens is 242 g/mol. The molecule has 0 aliphatic rings. The second-order valence-electron chi connectivity index (χ2n) is 6.24. The molecule has 0 aromatic rings. The summed E-state index contributed by atoms with van der Waals surface area (Å²) in [5.41, 5.74) is 9.07. The summed E-state index contributed by atoms with van der Waals surface area (Å²) in [4.78, 5) is 0. The molecule has 0 aliphatic heterocycles. The van der Waals surface area contributed by atoms with Crippen LogP contribution in [0, 0.1) is 5.41 Å². The van der Waals surface area contributed by atoms with Crippen LogP contribution in [0.1, 0.15) is 86.0 Å². The predicted molar refractivity (Wildman–Crippen MR) is 93.0 cm³/mol. The Kier molecular flexibility index (Phi) is 10.8. The second kappa shape index (κ2) is 11.1. The van der Waals surface area contributed by atoms with Crippen molar-refractivity contribution in [1.82, 2.24) is 0 Å². The fourth-order valence-electron chi connectivity index (χ4n) is 3.44. The Morgan fingerprint density at radius 2 is 1.40 bits per heavy atom. The molecule has 118 valence electrons. The summed E-state index contributed by atoms with van der Waals surface area (Å²) in [6, 6.07) is 0. The Morgan fingerprint density at radius 1 is 0.900 bits per heavy atom. The van der Waals surface area contributed by atoms with E-state index >= 15 is 0 Å². The van der Waals surface area contributed by atoms with E-state index in [2.05, 4.69) is 46.8 Å². The van der Waals surface area contributed by atoms with E-state index in [1.54, 1.807) is 5.57 Å². The second-order valence-corrected chi connectivity index (χ2v) is 6.24. The largest absolute Gasteiger partial charge is 0.327 e. The molecule has 0 saturated carbocycles. The zero-order chi connectivity index (χ0) is 15.4. The average molecular weight is 280 g/mol. The average Bonchev–Trinajstić information content (AvgIpc) is 2.39. The molecule has 0 saturated heterocycles. The van der Waals surface area contributed by atoms with Crippen molar-refractivity contribution in [3.63, 3.8) is 0 Å². The van der Waals surface area contributed by atoms with Gasteiger partial charge in [-0.1, -0.05) is 63.3 Å². The molecule has 0 bridgehead atoms. The highest BCUT2D eigenvalue weighted by Gasteiger charge is 2.28. The van der Waals surface area contributed by atoms with E-state index in [-0.39, 0.29) is 0 Å². The maximum atomic E-state index is 5.56. The maximum absolute atomic E-state index is 5.56. The summed E-state index contributed by atoms with van der Waals surface area (Å²) in [6.45, 7) is 12.2. The number of hydrogen-bond donors (Lipinski definition) is 1. The van der Waals surface area contributed by atoms with Crippen LogP contribution in [0.4, 0.5) is 0 Å². The van der Waals surface area contributed by atoms with Crippen molar-refractivity contribution < 1.29 is 0 Å². The maximum Gasteiger partial charge on any atom is 0.0109 e. The van der Waals surface area contributed by atoms with Gasteiger partial charge >= 0.3 is 0 Å². The van der Waals surface area contributed by atoms with Crippen molar-refractivity contribution in [3.05, 3.63) is 23.3 Å². The first kappa shape index (κ1) is 19.4. The van der Waals surface area contributed by atoms with Gasteiger partial charge in [-0.3, -0.25) is 0 Å². The Hall–Kier alpha value is -0.560. The molecule has 2 N–H and O–H groups in total. The van der Waals surface area contributed by atoms with Crippen LogP contribution in [-0.2, 0) is 0 Å². The lowest BCUT2D eigenvalue weighted by Gasteiger charge is -2.35. The number of rotatable bonds is 11. The predicted octanol–water partition coefficient (Wildman–Crippen LogP) is 6.00. The van der Waals surface area contributed by atoms with E-state index in [0.29, 0.717) is 12.0 Å². The van der Waals surface area contributed by atoms with Gasteiger partial charge in [-0.2, -0.15) is 0 Å². The number of hydrogen-bond acceptors (Lipinski definition) is 1. The van der Waals surface area contributed by atoms with Gasteiger partial charge in [0.1, 0.15) is 0 Å². The molecule has 0 amide bonds. The first-order chi connectivity index (χ1) is 9.56. The van der Waals surface area contributed by atoms with Crippen LogP contribution in [0.2, 0.25) is 0 Å². The minimum Gasteiger partial charge on any atom is -0.327 e. The number of allylic oxidation sites excluding steroid dienone is 3. The molecule has 0 unspecified atom stereocenters. The molecule has 0 aromatic heterocycles. The van der Waals surface area contributed by atoms with Gasteiger partial charge in [-0.05, 0) is 51.4 Å². The van der Waals surface area contributed by atoms with Crippen molar-refractivity contribution in [3.8, 4) is 0 Å². The lowest BCUT2D eigenvalue weighted by molar-refractivity contribution is 0.266. The molecule has 0 radical (unpaired) electrons. The summed E-state index contributed by atoms with van der Waals surface area (Å²) < 4.78 is 0. The Morgan fingerprint density at radius 3 is 1.80 bits per heavy atom. The minimum atomic E-state index is 0.462. The van der Waals surface area contributed by atoms with Crippen LogP contribution in [0.15, 0.2) is 23.3 Å². The van der Waals surface area contributed by atoms with Gasteiger partial charge in [0.2, 0.25) is 0 Å². The molecule has 0 atom stereocenters. The highest BCUT2D eigenvalue weighted by atomic mass is 14.5. The summed E-state index contributed by atoms with van der Waals surface area (Å²) >= 11 is 0. The Bertz CT molecular complexity index is 282. The van der Waals surface area contributed by atoms with Crippen molar-refractivity contribution in [2.75, 3.05) is 6.54 Å². The molecule has 1 heteroatoms. The molecule has 0 aromatic carbocycles. The summed E-state index contributed by atoms with van der Waals surface area (Å²) in [5, 5.41) is 0. The van der Waals surface area contributed by atoms with Gasteiger partial charge < -0.3 is 5.73 Å². The fraction of sp³-hybridized carbons (Fsp3) is 0.789. The third-order valence-corrected chi connectivity index (χ3v) is 4.48. The molecule has 0 heterocycles. The summed E-state index contributed by atoms with van der Waals surface area (Å²) in [6.07, 6.45) is 14.8. The smallest absolute Gasteiger partial charge is 0.0109 e. The first-order valence-electron chi connectivity index (χ1n) is 8.59. The minimum absolute atomic E-state index is 0.462. The van der Waals surface area contributed by atoms with Gasteiger partial charge in [0.05, 0.1) is 0 Å². The zero-order valence-electron chi connectivity index (χ0n) is 14.6. The molecule has 0 aliphatic carbocycles. The normalized spacial score (nSPS) is 13.9. The van der Waals surface area contributed by atoms with Gasteiger partial charge in [0.25, 0.3) is 0 Å². The van der Waals surface area contributed by atoms with E-state index in [4.69, 9.17) is 5.73 Å². The lowest BCUT2D eigenvalue weighted by Crippen LogP contribution is -2.22. The molecule has 20 heavy (non-hydrogen) atoms. The molecule has 0 fully saturated rings. The van der Waals surface area contributed by atoms with Crippen LogP contribution < -0.4 is 5.73 Å². The molecule has 1 nitrogen and oxygen atoms in total. The van der Waals surface area contributed by atoms with E-state index in [9.17, 15) is 0 Å². The molecule has 0 rings (SSSR count). The van der Waals surface area contributed by atoms with Gasteiger partial charge in [-0.15, -0.1) is 0 Å². The summed E-state index contributed by atoms with van der Waals surface area (Å²) in [7, 11) is 0. The SMILES string of the molecule is CCCC(CCC)(CCC)C(C)=CCC/C(C)=C/CN. The van der Waals surface area contributed by atoms with Crippen molar-refractivity contribution in [1.29, 1.82) is 0 Å². The third-order valence-electron chi connectivity index (χ3n) is 4.48. The van der Waals surface area contributed by atoms with Crippen LogP contribution >= 0.6 is 0 Å². The lowest BCUT2D eigenvalue weighted by atomic mass is 9.70. The van der Waals surface area contributed by atoms with Crippen molar-refractivity contribution in [2.45, 2.75) is 86.0 Å². The topological polar surface area (TPSA) is 26.0 Å².